The van der Waals surface area contributed by atoms with Gasteiger partial charge < -0.3 is 9.88 Å². The Morgan fingerprint density at radius 2 is 2.08 bits per heavy atom. The minimum Gasteiger partial charge on any atom is -0.332 e. The smallest absolute Gasteiger partial charge is 0.264 e. The Labute approximate surface area is 144 Å². The summed E-state index contributed by atoms with van der Waals surface area (Å²) in [5, 5.41) is 0. The number of carbonyl (C=O) groups is 1. The van der Waals surface area contributed by atoms with Crippen LogP contribution in [0.1, 0.15) is 56.5 Å². The lowest BCUT2D eigenvalue weighted by Crippen LogP contribution is -2.39. The number of nitrogens with zero attached hydrogens (tertiary/aromatic N) is 2. The van der Waals surface area contributed by atoms with E-state index in [2.05, 4.69) is 16.0 Å². The van der Waals surface area contributed by atoms with Crippen molar-refractivity contribution in [2.45, 2.75) is 52.0 Å². The van der Waals surface area contributed by atoms with Crippen molar-refractivity contribution in [1.82, 2.24) is 14.9 Å². The molecule has 0 saturated carbocycles. The highest BCUT2D eigenvalue weighted by molar-refractivity contribution is 7.14. The third-order valence-corrected chi connectivity index (χ3v) is 6.16. The Balaban J connectivity index is 1.58. The van der Waals surface area contributed by atoms with Crippen LogP contribution in [-0.4, -0.2) is 27.3 Å². The van der Waals surface area contributed by atoms with Gasteiger partial charge in [0, 0.05) is 17.0 Å². The first-order valence-electron chi connectivity index (χ1n) is 8.61. The summed E-state index contributed by atoms with van der Waals surface area (Å²) < 4.78 is 0. The molecule has 2 aromatic heterocycles. The molecule has 0 atom stereocenters. The van der Waals surface area contributed by atoms with E-state index in [4.69, 9.17) is 0 Å². The van der Waals surface area contributed by atoms with E-state index in [1.807, 2.05) is 4.90 Å². The number of aromatic nitrogens is 2. The summed E-state index contributed by atoms with van der Waals surface area (Å²) in [5.41, 5.74) is 2.77. The normalized spacial score (nSPS) is 17.1. The molecule has 0 unspecified atom stereocenters. The topological polar surface area (TPSA) is 66.1 Å². The average molecular weight is 343 g/mol. The first-order chi connectivity index (χ1) is 11.6. The maximum absolute atomic E-state index is 12.9. The van der Waals surface area contributed by atoms with Crippen LogP contribution in [0.15, 0.2) is 10.9 Å². The number of aromatic amines is 1. The van der Waals surface area contributed by atoms with Crippen LogP contribution >= 0.6 is 11.3 Å². The summed E-state index contributed by atoms with van der Waals surface area (Å²) in [6.45, 7) is 2.79. The van der Waals surface area contributed by atoms with E-state index in [-0.39, 0.29) is 11.5 Å². The molecule has 0 radical (unpaired) electrons. The molecule has 0 aromatic carbocycles. The monoisotopic (exact) mass is 343 g/mol. The number of hydrogen-bond donors (Lipinski definition) is 1. The van der Waals surface area contributed by atoms with Crippen molar-refractivity contribution in [2.75, 3.05) is 6.54 Å². The molecular formula is C18H21N3O2S. The van der Waals surface area contributed by atoms with Crippen LogP contribution in [0, 0.1) is 6.92 Å². The van der Waals surface area contributed by atoms with Crippen LogP contribution < -0.4 is 5.56 Å². The zero-order chi connectivity index (χ0) is 16.7. The number of carbonyl (C=O) groups excluding carboxylic acids is 1. The molecule has 5 nitrogen and oxygen atoms in total. The molecule has 2 aromatic rings. The molecule has 24 heavy (non-hydrogen) atoms. The van der Waals surface area contributed by atoms with E-state index in [9.17, 15) is 9.59 Å². The van der Waals surface area contributed by atoms with E-state index in [1.165, 1.54) is 29.7 Å². The Morgan fingerprint density at radius 3 is 2.96 bits per heavy atom. The van der Waals surface area contributed by atoms with Crippen LogP contribution in [0.2, 0.25) is 0 Å². The number of nitrogens with one attached hydrogen (secondary N) is 1. The Bertz CT molecular complexity index is 829. The minimum absolute atomic E-state index is 0.0626. The van der Waals surface area contributed by atoms with Crippen LogP contribution in [-0.2, 0) is 25.8 Å². The van der Waals surface area contributed by atoms with Gasteiger partial charge in [-0.15, -0.1) is 11.3 Å². The third kappa shape index (κ3) is 2.79. The number of aryl methyl sites for hydroxylation is 3. The number of H-pyrrole nitrogens is 1. The van der Waals surface area contributed by atoms with Crippen molar-refractivity contribution in [3.63, 3.8) is 0 Å². The zero-order valence-corrected chi connectivity index (χ0v) is 14.7. The predicted octanol–water partition coefficient (Wildman–Crippen LogP) is 2.61. The second-order valence-electron chi connectivity index (χ2n) is 6.67. The quantitative estimate of drug-likeness (QED) is 0.810. The Hall–Kier alpha value is -1.95. The van der Waals surface area contributed by atoms with E-state index < -0.39 is 0 Å². The lowest BCUT2D eigenvalue weighted by atomic mass is 10.1. The Morgan fingerprint density at radius 1 is 1.25 bits per heavy atom. The molecule has 4 rings (SSSR count). The molecule has 1 N–H and O–H groups in total. The highest BCUT2D eigenvalue weighted by atomic mass is 32.1. The van der Waals surface area contributed by atoms with Gasteiger partial charge in [0.15, 0.2) is 0 Å². The van der Waals surface area contributed by atoms with Crippen LogP contribution in [0.5, 0.6) is 0 Å². The van der Waals surface area contributed by atoms with Gasteiger partial charge in [0.25, 0.3) is 11.5 Å². The van der Waals surface area contributed by atoms with Gasteiger partial charge in [-0.05, 0) is 50.7 Å². The van der Waals surface area contributed by atoms with E-state index in [0.29, 0.717) is 25.3 Å². The fourth-order valence-electron chi connectivity index (χ4n) is 3.67. The fourth-order valence-corrected chi connectivity index (χ4v) is 4.89. The highest BCUT2D eigenvalue weighted by Gasteiger charge is 2.26. The number of fused-ring (bicyclic) bond motifs is 2. The third-order valence-electron chi connectivity index (χ3n) is 4.94. The number of rotatable bonds is 1. The molecule has 1 aliphatic carbocycles. The largest absolute Gasteiger partial charge is 0.332 e. The van der Waals surface area contributed by atoms with Crippen molar-refractivity contribution in [3.05, 3.63) is 48.8 Å². The molecule has 0 fully saturated rings. The van der Waals surface area contributed by atoms with Crippen molar-refractivity contribution in [3.8, 4) is 0 Å². The van der Waals surface area contributed by atoms with Crippen LogP contribution in [0.25, 0.3) is 0 Å². The van der Waals surface area contributed by atoms with Gasteiger partial charge >= 0.3 is 0 Å². The maximum atomic E-state index is 12.9. The van der Waals surface area contributed by atoms with Gasteiger partial charge in [0.05, 0.1) is 17.1 Å². The summed E-state index contributed by atoms with van der Waals surface area (Å²) in [7, 11) is 0. The molecular weight excluding hydrogens is 322 g/mol. The summed E-state index contributed by atoms with van der Waals surface area (Å²) in [4.78, 5) is 36.1. The first kappa shape index (κ1) is 15.6. The Kier molecular flexibility index (Phi) is 4.00. The molecule has 0 saturated heterocycles. The van der Waals surface area contributed by atoms with Crippen LogP contribution in [0.3, 0.4) is 0 Å². The number of amides is 1. The summed E-state index contributed by atoms with van der Waals surface area (Å²) in [5.74, 6) is 0.689. The molecule has 126 valence electrons. The second-order valence-corrected chi connectivity index (χ2v) is 7.81. The fraction of sp³-hybridized carbons (Fsp3) is 0.500. The van der Waals surface area contributed by atoms with Gasteiger partial charge in [-0.2, -0.15) is 0 Å². The maximum Gasteiger partial charge on any atom is 0.264 e. The molecule has 2 aliphatic rings. The first-order valence-corrected chi connectivity index (χ1v) is 9.43. The van der Waals surface area contributed by atoms with Crippen molar-refractivity contribution >= 4 is 17.2 Å². The molecule has 6 heteroatoms. The van der Waals surface area contributed by atoms with Crippen LogP contribution in [0.4, 0.5) is 0 Å². The second kappa shape index (κ2) is 6.16. The standard InChI is InChI=1S/C18H21N3O2S/c1-11-19-14-10-21(8-7-13(14)17(22)20-11)18(23)16-9-12-5-3-2-4-6-15(12)24-16/h9H,2-8,10H2,1H3,(H,19,20,22). The minimum atomic E-state index is -0.0626. The van der Waals surface area contributed by atoms with E-state index in [1.54, 1.807) is 18.3 Å². The summed E-state index contributed by atoms with van der Waals surface area (Å²) in [6.07, 6.45) is 6.51. The number of hydrogen-bond acceptors (Lipinski definition) is 4. The molecule has 1 amide bonds. The van der Waals surface area contributed by atoms with Crippen molar-refractivity contribution < 1.29 is 4.79 Å². The summed E-state index contributed by atoms with van der Waals surface area (Å²) in [6, 6.07) is 2.10. The van der Waals surface area contributed by atoms with Crippen molar-refractivity contribution in [2.24, 2.45) is 0 Å². The van der Waals surface area contributed by atoms with Gasteiger partial charge in [-0.25, -0.2) is 4.98 Å². The van der Waals surface area contributed by atoms with Crippen molar-refractivity contribution in [1.29, 1.82) is 0 Å². The lowest BCUT2D eigenvalue weighted by Gasteiger charge is -2.27. The molecule has 1 aliphatic heterocycles. The van der Waals surface area contributed by atoms with Gasteiger partial charge in [0.1, 0.15) is 5.82 Å². The van der Waals surface area contributed by atoms with E-state index in [0.717, 1.165) is 29.0 Å². The number of thiophene rings is 1. The highest BCUT2D eigenvalue weighted by Crippen LogP contribution is 2.30. The van der Waals surface area contributed by atoms with E-state index >= 15 is 0 Å². The lowest BCUT2D eigenvalue weighted by molar-refractivity contribution is 0.0736. The van der Waals surface area contributed by atoms with Gasteiger partial charge in [-0.3, -0.25) is 9.59 Å². The van der Waals surface area contributed by atoms with Gasteiger partial charge in [0.2, 0.25) is 0 Å². The molecule has 0 spiro atoms. The average Bonchev–Trinajstić information content (AvgIpc) is 2.84. The SMILES string of the molecule is Cc1nc2c(c(=O)[nH]1)CCN(C(=O)c1cc3c(s1)CCCCC3)C2. The zero-order valence-electron chi connectivity index (χ0n) is 13.9. The predicted molar refractivity (Wildman–Crippen MR) is 93.6 cm³/mol. The molecule has 0 bridgehead atoms. The molecule has 3 heterocycles. The van der Waals surface area contributed by atoms with Gasteiger partial charge in [-0.1, -0.05) is 6.42 Å². The summed E-state index contributed by atoms with van der Waals surface area (Å²) >= 11 is 1.66.